The Morgan fingerprint density at radius 1 is 1.22 bits per heavy atom. The molecule has 2 rings (SSSR count). The number of ether oxygens (including phenoxy) is 1. The average Bonchev–Trinajstić information content (AvgIpc) is 3.01. The number of hydrogen-bond acceptors (Lipinski definition) is 5. The van der Waals surface area contributed by atoms with Gasteiger partial charge in [0.2, 0.25) is 0 Å². The zero-order chi connectivity index (χ0) is 20.0. The Kier molecular flexibility index (Phi) is 7.63. The summed E-state index contributed by atoms with van der Waals surface area (Å²) >= 11 is 0. The zero-order valence-corrected chi connectivity index (χ0v) is 17.6. The average molecular weight is 378 g/mol. The summed E-state index contributed by atoms with van der Waals surface area (Å²) < 4.78 is 10.6. The predicted octanol–water partition coefficient (Wildman–Crippen LogP) is 5.61. The maximum Gasteiger partial charge on any atom is 0.360 e. The highest BCUT2D eigenvalue weighted by Crippen LogP contribution is 2.33. The molecule has 0 unspecified atom stereocenters. The molecule has 0 amide bonds. The maximum atomic E-state index is 12.6. The molecule has 0 aliphatic heterocycles. The number of nitrogens with zero attached hydrogens (tertiary/aromatic N) is 1. The smallest absolute Gasteiger partial charge is 0.360 e. The molecule has 0 radical (unpaired) electrons. The summed E-state index contributed by atoms with van der Waals surface area (Å²) in [6.07, 6.45) is 10.2. The molecule has 0 spiro atoms. The molecule has 1 heterocycles. The van der Waals surface area contributed by atoms with E-state index in [1.165, 1.54) is 45.6 Å². The second-order valence-electron chi connectivity index (χ2n) is 8.96. The molecule has 27 heavy (non-hydrogen) atoms. The van der Waals surface area contributed by atoms with Crippen LogP contribution in [0.1, 0.15) is 107 Å². The summed E-state index contributed by atoms with van der Waals surface area (Å²) in [4.78, 5) is 28.9. The van der Waals surface area contributed by atoms with Gasteiger partial charge in [0.1, 0.15) is 11.5 Å². The first kappa shape index (κ1) is 21.6. The van der Waals surface area contributed by atoms with Crippen LogP contribution in [-0.2, 0) is 9.53 Å². The van der Waals surface area contributed by atoms with Crippen LogP contribution in [0.15, 0.2) is 4.42 Å². The molecule has 1 aliphatic rings. The van der Waals surface area contributed by atoms with E-state index in [4.69, 9.17) is 9.15 Å². The lowest BCUT2D eigenvalue weighted by Crippen LogP contribution is -2.22. The largest absolute Gasteiger partial charge is 0.464 e. The van der Waals surface area contributed by atoms with E-state index in [0.29, 0.717) is 18.1 Å². The van der Waals surface area contributed by atoms with Gasteiger partial charge in [-0.05, 0) is 19.3 Å². The number of methoxy groups -OCH3 is 1. The van der Waals surface area contributed by atoms with E-state index in [0.717, 1.165) is 18.8 Å². The van der Waals surface area contributed by atoms with E-state index in [-0.39, 0.29) is 17.4 Å². The van der Waals surface area contributed by atoms with Crippen LogP contribution in [0.25, 0.3) is 0 Å². The highest BCUT2D eigenvalue weighted by Gasteiger charge is 2.30. The van der Waals surface area contributed by atoms with Gasteiger partial charge >= 0.3 is 5.97 Å². The van der Waals surface area contributed by atoms with Gasteiger partial charge in [0.25, 0.3) is 0 Å². The number of carbonyl (C=O) groups is 2. The van der Waals surface area contributed by atoms with Crippen LogP contribution in [-0.4, -0.2) is 23.8 Å². The fraction of sp³-hybridized carbons (Fsp3) is 0.773. The van der Waals surface area contributed by atoms with Crippen LogP contribution >= 0.6 is 0 Å². The summed E-state index contributed by atoms with van der Waals surface area (Å²) in [6.45, 7) is 7.53. The van der Waals surface area contributed by atoms with Crippen LogP contribution in [0, 0.1) is 18.3 Å². The summed E-state index contributed by atoms with van der Waals surface area (Å²) in [5, 5.41) is 0. The molecule has 5 nitrogen and oxygen atoms in total. The molecular formula is C22H35NO4. The number of aromatic nitrogens is 1. The van der Waals surface area contributed by atoms with Crippen molar-refractivity contribution in [2.45, 2.75) is 91.4 Å². The van der Waals surface area contributed by atoms with Crippen molar-refractivity contribution in [3.63, 3.8) is 0 Å². The normalized spacial score (nSPS) is 16.9. The van der Waals surface area contributed by atoms with Gasteiger partial charge < -0.3 is 9.15 Å². The standard InChI is InChI=1S/C22H35NO4/c1-15-19(21(25)26-5)23-20(27-15)17(14-18(24)22(2,3)4)13-9-12-16-10-7-6-8-11-16/h16-17H,6-14H2,1-5H3/t17-/m1/s1. The first-order chi connectivity index (χ1) is 12.7. The molecule has 5 heteroatoms. The van der Waals surface area contributed by atoms with Gasteiger partial charge in [0.05, 0.1) is 7.11 Å². The van der Waals surface area contributed by atoms with Crippen molar-refractivity contribution < 1.29 is 18.7 Å². The maximum absolute atomic E-state index is 12.6. The third kappa shape index (κ3) is 6.18. The second-order valence-corrected chi connectivity index (χ2v) is 8.96. The minimum Gasteiger partial charge on any atom is -0.464 e. The van der Waals surface area contributed by atoms with E-state index in [1.54, 1.807) is 6.92 Å². The summed E-state index contributed by atoms with van der Waals surface area (Å²) in [5.74, 6) is 1.38. The van der Waals surface area contributed by atoms with Gasteiger partial charge in [0, 0.05) is 17.8 Å². The van der Waals surface area contributed by atoms with E-state index >= 15 is 0 Å². The van der Waals surface area contributed by atoms with Gasteiger partial charge in [-0.3, -0.25) is 4.79 Å². The summed E-state index contributed by atoms with van der Waals surface area (Å²) in [6, 6.07) is 0. The SMILES string of the molecule is COC(=O)c1nc([C@H](CCCC2CCCCC2)CC(=O)C(C)(C)C)oc1C. The first-order valence-corrected chi connectivity index (χ1v) is 10.3. The lowest BCUT2D eigenvalue weighted by molar-refractivity contribution is -0.126. The highest BCUT2D eigenvalue weighted by molar-refractivity contribution is 5.88. The number of rotatable bonds is 8. The Labute approximate surface area is 163 Å². The number of ketones is 1. The van der Waals surface area contributed by atoms with Gasteiger partial charge in [-0.25, -0.2) is 9.78 Å². The van der Waals surface area contributed by atoms with Crippen molar-refractivity contribution in [2.75, 3.05) is 7.11 Å². The van der Waals surface area contributed by atoms with E-state index in [2.05, 4.69) is 4.98 Å². The molecule has 0 bridgehead atoms. The van der Waals surface area contributed by atoms with Crippen LogP contribution in [0.4, 0.5) is 0 Å². The topological polar surface area (TPSA) is 69.4 Å². The van der Waals surface area contributed by atoms with E-state index in [1.807, 2.05) is 20.8 Å². The van der Waals surface area contributed by atoms with E-state index < -0.39 is 11.4 Å². The van der Waals surface area contributed by atoms with Crippen molar-refractivity contribution in [3.8, 4) is 0 Å². The number of aryl methyl sites for hydroxylation is 1. The number of carbonyl (C=O) groups excluding carboxylic acids is 2. The monoisotopic (exact) mass is 377 g/mol. The van der Waals surface area contributed by atoms with Crippen LogP contribution in [0.2, 0.25) is 0 Å². The van der Waals surface area contributed by atoms with Crippen molar-refractivity contribution in [1.82, 2.24) is 4.98 Å². The molecule has 1 aromatic rings. The van der Waals surface area contributed by atoms with Gasteiger partial charge in [-0.2, -0.15) is 0 Å². The molecule has 0 N–H and O–H groups in total. The van der Waals surface area contributed by atoms with E-state index in [9.17, 15) is 9.59 Å². The third-order valence-electron chi connectivity index (χ3n) is 5.70. The Hall–Kier alpha value is -1.65. The minimum atomic E-state index is -0.495. The Morgan fingerprint density at radius 2 is 1.89 bits per heavy atom. The molecule has 152 valence electrons. The summed E-state index contributed by atoms with van der Waals surface area (Å²) in [7, 11) is 1.33. The van der Waals surface area contributed by atoms with Crippen LogP contribution in [0.5, 0.6) is 0 Å². The first-order valence-electron chi connectivity index (χ1n) is 10.3. The fourth-order valence-electron chi connectivity index (χ4n) is 3.85. The molecule has 1 fully saturated rings. The molecule has 1 aliphatic carbocycles. The molecule has 1 atom stereocenters. The minimum absolute atomic E-state index is 0.0857. The number of oxazole rings is 1. The van der Waals surface area contributed by atoms with Crippen molar-refractivity contribution in [2.24, 2.45) is 11.3 Å². The Bertz CT molecular complexity index is 635. The zero-order valence-electron chi connectivity index (χ0n) is 17.6. The predicted molar refractivity (Wildman–Crippen MR) is 105 cm³/mol. The molecule has 0 aromatic carbocycles. The Balaban J connectivity index is 2.09. The number of hydrogen-bond donors (Lipinski definition) is 0. The second kappa shape index (κ2) is 9.52. The third-order valence-corrected chi connectivity index (χ3v) is 5.70. The number of Topliss-reactive ketones (excluding diaryl/α,β-unsaturated/α-hetero) is 1. The van der Waals surface area contributed by atoms with Crippen molar-refractivity contribution >= 4 is 11.8 Å². The van der Waals surface area contributed by atoms with Crippen molar-refractivity contribution in [1.29, 1.82) is 0 Å². The summed E-state index contributed by atoms with van der Waals surface area (Å²) in [5.41, 5.74) is -0.179. The lowest BCUT2D eigenvalue weighted by atomic mass is 9.82. The number of esters is 1. The fourth-order valence-corrected chi connectivity index (χ4v) is 3.85. The van der Waals surface area contributed by atoms with Gasteiger partial charge in [-0.1, -0.05) is 65.7 Å². The van der Waals surface area contributed by atoms with Crippen LogP contribution < -0.4 is 0 Å². The molecule has 1 saturated carbocycles. The quantitative estimate of drug-likeness (QED) is 0.551. The Morgan fingerprint density at radius 3 is 2.48 bits per heavy atom. The van der Waals surface area contributed by atoms with Gasteiger partial charge in [0.15, 0.2) is 11.6 Å². The molecule has 1 aromatic heterocycles. The highest BCUT2D eigenvalue weighted by atomic mass is 16.5. The molecule has 0 saturated heterocycles. The van der Waals surface area contributed by atoms with Crippen molar-refractivity contribution in [3.05, 3.63) is 17.3 Å². The van der Waals surface area contributed by atoms with Gasteiger partial charge in [-0.15, -0.1) is 0 Å². The lowest BCUT2D eigenvalue weighted by Gasteiger charge is -2.23. The van der Waals surface area contributed by atoms with Crippen LogP contribution in [0.3, 0.4) is 0 Å². The molecular weight excluding hydrogens is 342 g/mol.